The Morgan fingerprint density at radius 2 is 1.55 bits per heavy atom. The molecule has 0 bridgehead atoms. The third-order valence-electron chi connectivity index (χ3n) is 4.99. The summed E-state index contributed by atoms with van der Waals surface area (Å²) >= 11 is 0. The third-order valence-corrected chi connectivity index (χ3v) is 4.99. The van der Waals surface area contributed by atoms with Gasteiger partial charge in [0.25, 0.3) is 0 Å². The van der Waals surface area contributed by atoms with Gasteiger partial charge >= 0.3 is 0 Å². The van der Waals surface area contributed by atoms with Crippen molar-refractivity contribution >= 4 is 23.1 Å². The van der Waals surface area contributed by atoms with Gasteiger partial charge < -0.3 is 20.1 Å². The van der Waals surface area contributed by atoms with Crippen molar-refractivity contribution in [2.75, 3.05) is 24.9 Å². The topological polar surface area (TPSA) is 85.4 Å². The molecule has 0 spiro atoms. The standard InChI is InChI=1S/C26H24N4O3/c1-32-23-13-8-18(14-24(23)33-2)15-26(31)30-21-11-9-20(10-12-21)29-25-16-22(27-17-28-25)19-6-4-3-5-7-19/h3-14,16-17H,15H2,1-2H3,(H,30,31)(H,27,28,29). The second kappa shape index (κ2) is 10.3. The molecular formula is C26H24N4O3. The SMILES string of the molecule is COc1ccc(CC(=O)Nc2ccc(Nc3cc(-c4ccccc4)ncn3)cc2)cc1OC. The number of nitrogens with zero attached hydrogens (tertiary/aromatic N) is 2. The number of anilines is 3. The van der Waals surface area contributed by atoms with Crippen molar-refractivity contribution in [1.82, 2.24) is 9.97 Å². The lowest BCUT2D eigenvalue weighted by molar-refractivity contribution is -0.115. The van der Waals surface area contributed by atoms with Gasteiger partial charge in [0.1, 0.15) is 12.1 Å². The van der Waals surface area contributed by atoms with Crippen molar-refractivity contribution < 1.29 is 14.3 Å². The van der Waals surface area contributed by atoms with Crippen LogP contribution in [0.15, 0.2) is 85.2 Å². The van der Waals surface area contributed by atoms with Crippen molar-refractivity contribution in [2.45, 2.75) is 6.42 Å². The molecule has 0 unspecified atom stereocenters. The van der Waals surface area contributed by atoms with Gasteiger partial charge in [-0.1, -0.05) is 36.4 Å². The Hall–Kier alpha value is -4.39. The van der Waals surface area contributed by atoms with Gasteiger partial charge in [-0.2, -0.15) is 0 Å². The number of nitrogens with one attached hydrogen (secondary N) is 2. The van der Waals surface area contributed by atoms with Crippen LogP contribution in [0.25, 0.3) is 11.3 Å². The van der Waals surface area contributed by atoms with E-state index >= 15 is 0 Å². The van der Waals surface area contributed by atoms with Crippen LogP contribution in [0.1, 0.15) is 5.56 Å². The van der Waals surface area contributed by atoms with Gasteiger partial charge in [-0.15, -0.1) is 0 Å². The van der Waals surface area contributed by atoms with Crippen LogP contribution < -0.4 is 20.1 Å². The van der Waals surface area contributed by atoms with E-state index in [-0.39, 0.29) is 12.3 Å². The van der Waals surface area contributed by atoms with Gasteiger partial charge in [-0.05, 0) is 42.0 Å². The summed E-state index contributed by atoms with van der Waals surface area (Å²) in [4.78, 5) is 21.1. The van der Waals surface area contributed by atoms with Gasteiger partial charge in [-0.3, -0.25) is 4.79 Å². The molecule has 0 fully saturated rings. The fraction of sp³-hybridized carbons (Fsp3) is 0.115. The van der Waals surface area contributed by atoms with Crippen LogP contribution in [0, 0.1) is 0 Å². The number of hydrogen-bond acceptors (Lipinski definition) is 6. The summed E-state index contributed by atoms with van der Waals surface area (Å²) in [6, 6.07) is 24.7. The molecule has 0 saturated heterocycles. The Labute approximate surface area is 192 Å². The van der Waals surface area contributed by atoms with Crippen LogP contribution in [0.2, 0.25) is 0 Å². The van der Waals surface area contributed by atoms with E-state index in [0.29, 0.717) is 23.0 Å². The van der Waals surface area contributed by atoms with E-state index in [1.165, 1.54) is 6.33 Å². The van der Waals surface area contributed by atoms with Crippen LogP contribution in [-0.2, 0) is 11.2 Å². The zero-order valence-corrected chi connectivity index (χ0v) is 18.4. The van der Waals surface area contributed by atoms with Crippen LogP contribution in [0.5, 0.6) is 11.5 Å². The molecule has 0 atom stereocenters. The highest BCUT2D eigenvalue weighted by Gasteiger charge is 2.09. The Balaban J connectivity index is 1.37. The number of hydrogen-bond donors (Lipinski definition) is 2. The maximum absolute atomic E-state index is 12.5. The van der Waals surface area contributed by atoms with E-state index in [1.807, 2.05) is 66.7 Å². The molecule has 0 saturated carbocycles. The Bertz CT molecular complexity index is 1230. The average molecular weight is 441 g/mol. The minimum Gasteiger partial charge on any atom is -0.493 e. The molecule has 1 amide bonds. The summed E-state index contributed by atoms with van der Waals surface area (Å²) in [6.45, 7) is 0. The first-order valence-electron chi connectivity index (χ1n) is 10.4. The second-order valence-electron chi connectivity index (χ2n) is 7.27. The van der Waals surface area contributed by atoms with Crippen molar-refractivity contribution in [3.63, 3.8) is 0 Å². The highest BCUT2D eigenvalue weighted by molar-refractivity contribution is 5.92. The molecule has 0 radical (unpaired) electrons. The predicted octanol–water partition coefficient (Wildman–Crippen LogP) is 5.09. The van der Waals surface area contributed by atoms with Crippen molar-refractivity contribution in [3.05, 3.63) is 90.8 Å². The van der Waals surface area contributed by atoms with E-state index in [2.05, 4.69) is 20.6 Å². The number of methoxy groups -OCH3 is 2. The molecule has 33 heavy (non-hydrogen) atoms. The molecular weight excluding hydrogens is 416 g/mol. The smallest absolute Gasteiger partial charge is 0.228 e. The lowest BCUT2D eigenvalue weighted by atomic mass is 10.1. The van der Waals surface area contributed by atoms with E-state index in [9.17, 15) is 4.79 Å². The molecule has 7 heteroatoms. The summed E-state index contributed by atoms with van der Waals surface area (Å²) < 4.78 is 10.5. The maximum Gasteiger partial charge on any atom is 0.228 e. The molecule has 0 aliphatic rings. The molecule has 1 aromatic heterocycles. The first-order chi connectivity index (χ1) is 16.1. The van der Waals surface area contributed by atoms with Crippen LogP contribution >= 0.6 is 0 Å². The quantitative estimate of drug-likeness (QED) is 0.397. The third kappa shape index (κ3) is 5.65. The molecule has 4 rings (SSSR count). The fourth-order valence-electron chi connectivity index (χ4n) is 3.36. The lowest BCUT2D eigenvalue weighted by Gasteiger charge is -2.11. The van der Waals surface area contributed by atoms with Crippen molar-refractivity contribution in [2.24, 2.45) is 0 Å². The van der Waals surface area contributed by atoms with Crippen molar-refractivity contribution in [1.29, 1.82) is 0 Å². The first-order valence-corrected chi connectivity index (χ1v) is 10.4. The fourth-order valence-corrected chi connectivity index (χ4v) is 3.36. The highest BCUT2D eigenvalue weighted by Crippen LogP contribution is 2.28. The summed E-state index contributed by atoms with van der Waals surface area (Å²) in [5.41, 5.74) is 4.26. The monoisotopic (exact) mass is 440 g/mol. The largest absolute Gasteiger partial charge is 0.493 e. The normalized spacial score (nSPS) is 10.4. The first kappa shape index (κ1) is 21.8. The van der Waals surface area contributed by atoms with Gasteiger partial charge in [0.15, 0.2) is 11.5 Å². The van der Waals surface area contributed by atoms with Crippen LogP contribution in [0.4, 0.5) is 17.2 Å². The van der Waals surface area contributed by atoms with Crippen molar-refractivity contribution in [3.8, 4) is 22.8 Å². The highest BCUT2D eigenvalue weighted by atomic mass is 16.5. The lowest BCUT2D eigenvalue weighted by Crippen LogP contribution is -2.14. The Morgan fingerprint density at radius 1 is 0.818 bits per heavy atom. The molecule has 1 heterocycles. The van der Waals surface area contributed by atoms with E-state index in [0.717, 1.165) is 22.5 Å². The number of carbonyl (C=O) groups excluding carboxylic acids is 1. The molecule has 4 aromatic rings. The number of aromatic nitrogens is 2. The minimum atomic E-state index is -0.119. The summed E-state index contributed by atoms with van der Waals surface area (Å²) in [5, 5.41) is 6.18. The van der Waals surface area contributed by atoms with Crippen LogP contribution in [-0.4, -0.2) is 30.1 Å². The molecule has 0 aliphatic carbocycles. The summed E-state index contributed by atoms with van der Waals surface area (Å²) in [5.74, 6) is 1.79. The maximum atomic E-state index is 12.5. The van der Waals surface area contributed by atoms with Gasteiger partial charge in [-0.25, -0.2) is 9.97 Å². The average Bonchev–Trinajstić information content (AvgIpc) is 2.86. The molecule has 166 valence electrons. The zero-order valence-electron chi connectivity index (χ0n) is 18.4. The number of rotatable bonds is 8. The molecule has 7 nitrogen and oxygen atoms in total. The number of benzene rings is 3. The molecule has 2 N–H and O–H groups in total. The Kier molecular flexibility index (Phi) is 6.80. The molecule has 3 aromatic carbocycles. The molecule has 0 aliphatic heterocycles. The number of amides is 1. The number of carbonyl (C=O) groups is 1. The van der Waals surface area contributed by atoms with E-state index in [1.54, 1.807) is 26.4 Å². The van der Waals surface area contributed by atoms with Crippen LogP contribution in [0.3, 0.4) is 0 Å². The van der Waals surface area contributed by atoms with Gasteiger partial charge in [0, 0.05) is 23.0 Å². The van der Waals surface area contributed by atoms with E-state index in [4.69, 9.17) is 9.47 Å². The minimum absolute atomic E-state index is 0.119. The summed E-state index contributed by atoms with van der Waals surface area (Å²) in [7, 11) is 3.15. The number of ether oxygens (including phenoxy) is 2. The Morgan fingerprint density at radius 3 is 2.27 bits per heavy atom. The zero-order chi connectivity index (χ0) is 23.0. The van der Waals surface area contributed by atoms with E-state index < -0.39 is 0 Å². The van der Waals surface area contributed by atoms with Gasteiger partial charge in [0.05, 0.1) is 26.3 Å². The summed E-state index contributed by atoms with van der Waals surface area (Å²) in [6.07, 6.45) is 1.76. The van der Waals surface area contributed by atoms with Gasteiger partial charge in [0.2, 0.25) is 5.91 Å². The second-order valence-corrected chi connectivity index (χ2v) is 7.27. The predicted molar refractivity (Wildman–Crippen MR) is 129 cm³/mol.